The molecular weight excluding hydrogens is 352 g/mol. The summed E-state index contributed by atoms with van der Waals surface area (Å²) in [7, 11) is 0. The number of hydrogen-bond donors (Lipinski definition) is 0. The molecule has 4 nitrogen and oxygen atoms in total. The van der Waals surface area contributed by atoms with Crippen LogP contribution in [-0.4, -0.2) is 24.1 Å². The van der Waals surface area contributed by atoms with Gasteiger partial charge >= 0.3 is 11.9 Å². The van der Waals surface area contributed by atoms with Crippen LogP contribution in [0.1, 0.15) is 61.3 Å². The van der Waals surface area contributed by atoms with Crippen LogP contribution >= 0.6 is 0 Å². The zero-order chi connectivity index (χ0) is 20.5. The van der Waals surface area contributed by atoms with Crippen LogP contribution in [0.25, 0.3) is 0 Å². The third-order valence-corrected chi connectivity index (χ3v) is 5.31. The maximum atomic E-state index is 12.3. The molecule has 4 unspecified atom stereocenters. The van der Waals surface area contributed by atoms with Gasteiger partial charge in [0.1, 0.15) is 12.2 Å². The van der Waals surface area contributed by atoms with Gasteiger partial charge < -0.3 is 9.47 Å². The van der Waals surface area contributed by atoms with Crippen LogP contribution in [0.15, 0.2) is 60.7 Å². The van der Waals surface area contributed by atoms with Gasteiger partial charge in [0.2, 0.25) is 0 Å². The Morgan fingerprint density at radius 2 is 1.25 bits per heavy atom. The van der Waals surface area contributed by atoms with Gasteiger partial charge in [-0.25, -0.2) is 9.59 Å². The molecule has 150 valence electrons. The van der Waals surface area contributed by atoms with Crippen LogP contribution in [0.2, 0.25) is 0 Å². The number of benzene rings is 2. The van der Waals surface area contributed by atoms with E-state index in [1.54, 1.807) is 24.3 Å². The van der Waals surface area contributed by atoms with Crippen molar-refractivity contribution in [3.8, 4) is 0 Å². The van der Waals surface area contributed by atoms with Crippen LogP contribution in [-0.2, 0) is 9.47 Å². The molecule has 0 N–H and O–H groups in total. The van der Waals surface area contributed by atoms with Crippen molar-refractivity contribution < 1.29 is 19.1 Å². The van der Waals surface area contributed by atoms with Crippen molar-refractivity contribution in [3.05, 3.63) is 71.8 Å². The molecule has 0 bridgehead atoms. The molecule has 2 rings (SSSR count). The Kier molecular flexibility index (Phi) is 8.24. The van der Waals surface area contributed by atoms with Crippen molar-refractivity contribution in [2.45, 2.75) is 52.7 Å². The SMILES string of the molecule is CCC(CC(C)C(C)C(C)OC(=O)c1ccccc1)OC(=O)c1ccccc1. The van der Waals surface area contributed by atoms with Crippen LogP contribution in [0.3, 0.4) is 0 Å². The fraction of sp³-hybridized carbons (Fsp3) is 0.417. The van der Waals surface area contributed by atoms with Crippen LogP contribution in [0.5, 0.6) is 0 Å². The first-order valence-corrected chi connectivity index (χ1v) is 9.94. The predicted octanol–water partition coefficient (Wildman–Crippen LogP) is 5.53. The highest BCUT2D eigenvalue weighted by molar-refractivity contribution is 5.89. The third kappa shape index (κ3) is 6.22. The van der Waals surface area contributed by atoms with Gasteiger partial charge in [-0.15, -0.1) is 0 Å². The number of rotatable bonds is 9. The van der Waals surface area contributed by atoms with E-state index in [-0.39, 0.29) is 36.0 Å². The van der Waals surface area contributed by atoms with Gasteiger partial charge in [0.15, 0.2) is 0 Å². The number of carbonyl (C=O) groups excluding carboxylic acids is 2. The molecule has 2 aromatic rings. The van der Waals surface area contributed by atoms with Crippen molar-refractivity contribution in [2.75, 3.05) is 0 Å². The van der Waals surface area contributed by atoms with Gasteiger partial charge in [0.05, 0.1) is 11.1 Å². The Hall–Kier alpha value is -2.62. The standard InChI is InChI=1S/C24H30O4/c1-5-22(28-24(26)21-14-10-7-11-15-21)16-17(2)18(3)19(4)27-23(25)20-12-8-6-9-13-20/h6-15,17-19,22H,5,16H2,1-4H3. The summed E-state index contributed by atoms with van der Waals surface area (Å²) >= 11 is 0. The Labute approximate surface area is 167 Å². The zero-order valence-electron chi connectivity index (χ0n) is 17.1. The number of hydrogen-bond acceptors (Lipinski definition) is 4. The quantitative estimate of drug-likeness (QED) is 0.535. The normalized spacial score (nSPS) is 15.1. The highest BCUT2D eigenvalue weighted by Gasteiger charge is 2.26. The molecule has 0 aromatic heterocycles. The average Bonchev–Trinajstić information content (AvgIpc) is 2.73. The highest BCUT2D eigenvalue weighted by Crippen LogP contribution is 2.25. The Balaban J connectivity index is 1.89. The lowest BCUT2D eigenvalue weighted by molar-refractivity contribution is 0.00286. The Morgan fingerprint density at radius 3 is 1.71 bits per heavy atom. The summed E-state index contributed by atoms with van der Waals surface area (Å²) in [6.45, 7) is 8.11. The summed E-state index contributed by atoms with van der Waals surface area (Å²) in [4.78, 5) is 24.6. The molecule has 4 heteroatoms. The molecule has 0 heterocycles. The lowest BCUT2D eigenvalue weighted by Gasteiger charge is -2.28. The van der Waals surface area contributed by atoms with Crippen LogP contribution in [0.4, 0.5) is 0 Å². The zero-order valence-corrected chi connectivity index (χ0v) is 17.1. The van der Waals surface area contributed by atoms with E-state index in [0.717, 1.165) is 12.8 Å². The molecule has 0 aliphatic carbocycles. The average molecular weight is 383 g/mol. The lowest BCUT2D eigenvalue weighted by atomic mass is 9.86. The van der Waals surface area contributed by atoms with Gasteiger partial charge in [0.25, 0.3) is 0 Å². The summed E-state index contributed by atoms with van der Waals surface area (Å²) in [5.74, 6) is -0.241. The highest BCUT2D eigenvalue weighted by atomic mass is 16.5. The fourth-order valence-corrected chi connectivity index (χ4v) is 3.10. The molecule has 28 heavy (non-hydrogen) atoms. The summed E-state index contributed by atoms with van der Waals surface area (Å²) in [5.41, 5.74) is 1.12. The second-order valence-corrected chi connectivity index (χ2v) is 7.35. The fourth-order valence-electron chi connectivity index (χ4n) is 3.10. The molecule has 0 aliphatic rings. The smallest absolute Gasteiger partial charge is 0.338 e. The van der Waals surface area contributed by atoms with E-state index in [1.807, 2.05) is 50.2 Å². The number of esters is 2. The van der Waals surface area contributed by atoms with E-state index in [2.05, 4.69) is 13.8 Å². The van der Waals surface area contributed by atoms with Crippen LogP contribution in [0, 0.1) is 11.8 Å². The van der Waals surface area contributed by atoms with Gasteiger partial charge in [-0.3, -0.25) is 0 Å². The largest absolute Gasteiger partial charge is 0.459 e. The third-order valence-electron chi connectivity index (χ3n) is 5.31. The van der Waals surface area contributed by atoms with E-state index in [1.165, 1.54) is 0 Å². The first-order valence-electron chi connectivity index (χ1n) is 9.94. The maximum absolute atomic E-state index is 12.3. The minimum absolute atomic E-state index is 0.136. The Morgan fingerprint density at radius 1 is 0.786 bits per heavy atom. The van der Waals surface area contributed by atoms with E-state index < -0.39 is 0 Å². The van der Waals surface area contributed by atoms with Crippen molar-refractivity contribution in [1.29, 1.82) is 0 Å². The second-order valence-electron chi connectivity index (χ2n) is 7.35. The lowest BCUT2D eigenvalue weighted by Crippen LogP contribution is -2.30. The summed E-state index contributed by atoms with van der Waals surface area (Å²) in [5, 5.41) is 0. The van der Waals surface area contributed by atoms with Gasteiger partial charge in [-0.1, -0.05) is 57.2 Å². The first kappa shape index (κ1) is 21.7. The molecule has 2 aromatic carbocycles. The monoisotopic (exact) mass is 382 g/mol. The second kappa shape index (κ2) is 10.6. The van der Waals surface area contributed by atoms with Crippen molar-refractivity contribution in [1.82, 2.24) is 0 Å². The van der Waals surface area contributed by atoms with Gasteiger partial charge in [-0.05, 0) is 55.9 Å². The molecule has 0 saturated heterocycles. The van der Waals surface area contributed by atoms with E-state index in [0.29, 0.717) is 11.1 Å². The molecule has 4 atom stereocenters. The first-order chi connectivity index (χ1) is 13.4. The van der Waals surface area contributed by atoms with Crippen LogP contribution < -0.4 is 0 Å². The molecule has 0 amide bonds. The van der Waals surface area contributed by atoms with Gasteiger partial charge in [0, 0.05) is 0 Å². The van der Waals surface area contributed by atoms with Crippen molar-refractivity contribution in [3.63, 3.8) is 0 Å². The minimum atomic E-state index is -0.310. The van der Waals surface area contributed by atoms with Gasteiger partial charge in [-0.2, -0.15) is 0 Å². The number of ether oxygens (including phenoxy) is 2. The van der Waals surface area contributed by atoms with E-state index in [9.17, 15) is 9.59 Å². The molecule has 0 radical (unpaired) electrons. The van der Waals surface area contributed by atoms with Crippen molar-refractivity contribution in [2.24, 2.45) is 11.8 Å². The summed E-state index contributed by atoms with van der Waals surface area (Å²) in [6.07, 6.45) is 1.07. The topological polar surface area (TPSA) is 52.6 Å². The minimum Gasteiger partial charge on any atom is -0.459 e. The Bertz CT molecular complexity index is 742. The molecular formula is C24H30O4. The summed E-state index contributed by atoms with van der Waals surface area (Å²) in [6, 6.07) is 18.0. The molecule has 0 spiro atoms. The number of carbonyl (C=O) groups is 2. The van der Waals surface area contributed by atoms with Crippen molar-refractivity contribution >= 4 is 11.9 Å². The molecule has 0 saturated carbocycles. The molecule has 0 fully saturated rings. The molecule has 0 aliphatic heterocycles. The van der Waals surface area contributed by atoms with E-state index in [4.69, 9.17) is 9.47 Å². The maximum Gasteiger partial charge on any atom is 0.338 e. The predicted molar refractivity (Wildman–Crippen MR) is 110 cm³/mol. The van der Waals surface area contributed by atoms with E-state index >= 15 is 0 Å². The summed E-state index contributed by atoms with van der Waals surface area (Å²) < 4.78 is 11.3.